The summed E-state index contributed by atoms with van der Waals surface area (Å²) >= 11 is 11.6. The SMILES string of the molecule is O=C(NCc1ccc(Cl)cc1)C1=NOC2(CCN(C(=S)NC3CCCCCCC3)CC2)C1. The summed E-state index contributed by atoms with van der Waals surface area (Å²) < 4.78 is 0. The van der Waals surface area contributed by atoms with Crippen molar-refractivity contribution in [2.24, 2.45) is 5.16 Å². The number of piperidine rings is 1. The fourth-order valence-corrected chi connectivity index (χ4v) is 5.26. The van der Waals surface area contributed by atoms with Crippen LogP contribution in [0.1, 0.15) is 69.8 Å². The van der Waals surface area contributed by atoms with Crippen molar-refractivity contribution in [2.75, 3.05) is 13.1 Å². The maximum atomic E-state index is 12.6. The highest BCUT2D eigenvalue weighted by atomic mass is 35.5. The molecule has 3 aliphatic rings. The van der Waals surface area contributed by atoms with Crippen LogP contribution in [0, 0.1) is 0 Å². The van der Waals surface area contributed by atoms with E-state index >= 15 is 0 Å². The fourth-order valence-electron chi connectivity index (χ4n) is 4.78. The minimum absolute atomic E-state index is 0.166. The summed E-state index contributed by atoms with van der Waals surface area (Å²) in [6.07, 6.45) is 11.2. The Morgan fingerprint density at radius 2 is 1.78 bits per heavy atom. The first-order valence-corrected chi connectivity index (χ1v) is 12.6. The van der Waals surface area contributed by atoms with Crippen LogP contribution in [0.15, 0.2) is 29.4 Å². The second kappa shape index (κ2) is 10.8. The smallest absolute Gasteiger partial charge is 0.269 e. The Morgan fingerprint density at radius 3 is 2.47 bits per heavy atom. The van der Waals surface area contributed by atoms with Crippen LogP contribution in [-0.2, 0) is 16.2 Å². The summed E-state index contributed by atoms with van der Waals surface area (Å²) in [7, 11) is 0. The predicted octanol–water partition coefficient (Wildman–Crippen LogP) is 4.55. The van der Waals surface area contributed by atoms with Gasteiger partial charge < -0.3 is 20.4 Å². The third-order valence-corrected chi connectivity index (χ3v) is 7.49. The Morgan fingerprint density at radius 1 is 1.12 bits per heavy atom. The molecule has 1 amide bonds. The monoisotopic (exact) mass is 476 g/mol. The summed E-state index contributed by atoms with van der Waals surface area (Å²) in [5, 5.41) is 12.2. The number of nitrogens with zero attached hydrogens (tertiary/aromatic N) is 2. The van der Waals surface area contributed by atoms with Crippen molar-refractivity contribution in [1.82, 2.24) is 15.5 Å². The number of benzene rings is 1. The number of hydrogen-bond acceptors (Lipinski definition) is 4. The molecule has 0 radical (unpaired) electrons. The molecule has 174 valence electrons. The lowest BCUT2D eigenvalue weighted by Crippen LogP contribution is -2.52. The van der Waals surface area contributed by atoms with E-state index in [-0.39, 0.29) is 11.5 Å². The number of likely N-dealkylation sites (tertiary alicyclic amines) is 1. The van der Waals surface area contributed by atoms with E-state index < -0.39 is 0 Å². The minimum atomic E-state index is -0.376. The van der Waals surface area contributed by atoms with Crippen molar-refractivity contribution in [3.05, 3.63) is 34.9 Å². The van der Waals surface area contributed by atoms with Gasteiger partial charge in [0.15, 0.2) is 5.11 Å². The lowest BCUT2D eigenvalue weighted by atomic mass is 9.87. The Kier molecular flexibility index (Phi) is 7.89. The third kappa shape index (κ3) is 6.13. The van der Waals surface area contributed by atoms with E-state index in [1.165, 1.54) is 44.9 Å². The van der Waals surface area contributed by atoms with Crippen LogP contribution in [0.2, 0.25) is 5.02 Å². The molecule has 1 saturated carbocycles. The number of halogens is 1. The maximum Gasteiger partial charge on any atom is 0.269 e. The largest absolute Gasteiger partial charge is 0.388 e. The van der Waals surface area contributed by atoms with Gasteiger partial charge in [-0.3, -0.25) is 4.79 Å². The van der Waals surface area contributed by atoms with Crippen LogP contribution in [0.5, 0.6) is 0 Å². The summed E-state index contributed by atoms with van der Waals surface area (Å²) in [6.45, 7) is 2.10. The van der Waals surface area contributed by atoms with Gasteiger partial charge in [-0.1, -0.05) is 61.0 Å². The molecule has 2 heterocycles. The van der Waals surface area contributed by atoms with Crippen LogP contribution in [0.4, 0.5) is 0 Å². The molecule has 1 aliphatic carbocycles. The van der Waals surface area contributed by atoms with Crippen LogP contribution < -0.4 is 10.6 Å². The molecule has 2 aliphatic heterocycles. The Balaban J connectivity index is 1.21. The van der Waals surface area contributed by atoms with E-state index in [1.807, 2.05) is 24.3 Å². The zero-order valence-corrected chi connectivity index (χ0v) is 20.1. The molecule has 1 saturated heterocycles. The van der Waals surface area contributed by atoms with Crippen molar-refractivity contribution in [3.8, 4) is 0 Å². The number of nitrogens with one attached hydrogen (secondary N) is 2. The van der Waals surface area contributed by atoms with E-state index in [2.05, 4.69) is 20.7 Å². The summed E-state index contributed by atoms with van der Waals surface area (Å²) in [4.78, 5) is 20.6. The summed E-state index contributed by atoms with van der Waals surface area (Å²) in [5.41, 5.74) is 1.09. The van der Waals surface area contributed by atoms with Gasteiger partial charge in [0.1, 0.15) is 11.3 Å². The molecule has 0 aromatic heterocycles. The van der Waals surface area contributed by atoms with E-state index in [9.17, 15) is 4.79 Å². The molecule has 8 heteroatoms. The molecule has 0 bridgehead atoms. The molecule has 1 spiro atoms. The van der Waals surface area contributed by atoms with Crippen LogP contribution in [0.3, 0.4) is 0 Å². The average molecular weight is 477 g/mol. The minimum Gasteiger partial charge on any atom is -0.388 e. The normalized spacial score (nSPS) is 21.3. The number of carbonyl (C=O) groups is 1. The Labute approximate surface area is 201 Å². The van der Waals surface area contributed by atoms with Gasteiger partial charge in [0.2, 0.25) is 0 Å². The van der Waals surface area contributed by atoms with Gasteiger partial charge in [0.05, 0.1) is 0 Å². The molecule has 6 nitrogen and oxygen atoms in total. The van der Waals surface area contributed by atoms with E-state index in [4.69, 9.17) is 28.7 Å². The maximum absolute atomic E-state index is 12.6. The third-order valence-electron chi connectivity index (χ3n) is 6.86. The second-order valence-corrected chi connectivity index (χ2v) is 10.1. The zero-order chi connectivity index (χ0) is 22.4. The highest BCUT2D eigenvalue weighted by Crippen LogP contribution is 2.35. The summed E-state index contributed by atoms with van der Waals surface area (Å²) in [6, 6.07) is 7.94. The van der Waals surface area contributed by atoms with Gasteiger partial charge in [-0.15, -0.1) is 0 Å². The van der Waals surface area contributed by atoms with Crippen molar-refractivity contribution in [1.29, 1.82) is 0 Å². The van der Waals surface area contributed by atoms with E-state index in [0.29, 0.717) is 29.7 Å². The molecule has 1 aromatic rings. The first-order chi connectivity index (χ1) is 15.5. The van der Waals surface area contributed by atoms with Crippen molar-refractivity contribution < 1.29 is 9.63 Å². The highest BCUT2D eigenvalue weighted by Gasteiger charge is 2.44. The fraction of sp³-hybridized carbons (Fsp3) is 0.625. The first kappa shape index (κ1) is 23.3. The molecule has 1 aromatic carbocycles. The number of rotatable bonds is 4. The number of amides is 1. The van der Waals surface area contributed by atoms with Gasteiger partial charge in [0.25, 0.3) is 5.91 Å². The molecule has 32 heavy (non-hydrogen) atoms. The molecule has 2 fully saturated rings. The van der Waals surface area contributed by atoms with Crippen LogP contribution in [0.25, 0.3) is 0 Å². The topological polar surface area (TPSA) is 66.0 Å². The zero-order valence-electron chi connectivity index (χ0n) is 18.6. The Hall–Kier alpha value is -1.86. The molecule has 0 unspecified atom stereocenters. The average Bonchev–Trinajstić information content (AvgIpc) is 3.19. The first-order valence-electron chi connectivity index (χ1n) is 11.9. The number of carbonyl (C=O) groups excluding carboxylic acids is 1. The van der Waals surface area contributed by atoms with Crippen molar-refractivity contribution in [2.45, 2.75) is 82.4 Å². The Bertz CT molecular complexity index is 829. The van der Waals surface area contributed by atoms with Crippen LogP contribution in [-0.4, -0.2) is 46.4 Å². The molecule has 2 N–H and O–H groups in total. The number of hydrogen-bond donors (Lipinski definition) is 2. The van der Waals surface area contributed by atoms with Gasteiger partial charge in [-0.25, -0.2) is 0 Å². The van der Waals surface area contributed by atoms with Crippen molar-refractivity contribution in [3.63, 3.8) is 0 Å². The molecule has 4 rings (SSSR count). The van der Waals surface area contributed by atoms with Gasteiger partial charge >= 0.3 is 0 Å². The standard InChI is InChI=1S/C24H33ClN4O2S/c25-19-10-8-18(9-11-19)17-26-22(30)21-16-24(31-28-21)12-14-29(15-13-24)23(32)27-20-6-4-2-1-3-5-7-20/h8-11,20H,1-7,12-17H2,(H,26,30)(H,27,32). The lowest BCUT2D eigenvalue weighted by molar-refractivity contribution is -0.115. The van der Waals surface area contributed by atoms with E-state index in [1.54, 1.807) is 0 Å². The highest BCUT2D eigenvalue weighted by molar-refractivity contribution is 7.80. The van der Waals surface area contributed by atoms with Gasteiger partial charge in [-0.05, 0) is 42.8 Å². The predicted molar refractivity (Wildman–Crippen MR) is 132 cm³/mol. The number of oxime groups is 1. The van der Waals surface area contributed by atoms with E-state index in [0.717, 1.165) is 36.6 Å². The molecule has 0 atom stereocenters. The lowest BCUT2D eigenvalue weighted by Gasteiger charge is -2.39. The number of thiocarbonyl (C=S) groups is 1. The van der Waals surface area contributed by atoms with Gasteiger partial charge in [-0.2, -0.15) is 0 Å². The quantitative estimate of drug-likeness (QED) is 0.624. The van der Waals surface area contributed by atoms with Crippen molar-refractivity contribution >= 4 is 40.6 Å². The van der Waals surface area contributed by atoms with Gasteiger partial charge in [0, 0.05) is 50.0 Å². The summed E-state index contributed by atoms with van der Waals surface area (Å²) in [5.74, 6) is -0.166. The molecular weight excluding hydrogens is 444 g/mol. The molecular formula is C24H33ClN4O2S. The van der Waals surface area contributed by atoms with Crippen LogP contribution >= 0.6 is 23.8 Å². The second-order valence-electron chi connectivity index (χ2n) is 9.28.